The number of nitro benzene ring substituents is 1. The quantitative estimate of drug-likeness (QED) is 0.256. The maximum atomic E-state index is 13.8. The Bertz CT molecular complexity index is 926. The lowest BCUT2D eigenvalue weighted by Crippen LogP contribution is -2.26. The first-order valence-electron chi connectivity index (χ1n) is 8.76. The molecule has 0 aliphatic heterocycles. The first-order valence-corrected chi connectivity index (χ1v) is 10.1. The standard InChI is InChI=1S/C19H19ClFN3O4S/c1-2-3-8-22-18(25)11-29-17-7-4-12(9-16(17)24(27)28)19(26)23-15-6-5-13(20)10-14(15)21/h4-7,9-10H,2-3,8,11H2,1H3,(H,22,25)(H,23,26). The summed E-state index contributed by atoms with van der Waals surface area (Å²) in [5, 5.41) is 16.6. The van der Waals surface area contributed by atoms with E-state index >= 15 is 0 Å². The molecule has 2 aromatic carbocycles. The fourth-order valence-corrected chi connectivity index (χ4v) is 3.30. The second-order valence-electron chi connectivity index (χ2n) is 6.01. The molecule has 0 spiro atoms. The number of nitrogens with one attached hydrogen (secondary N) is 2. The number of halogens is 2. The van der Waals surface area contributed by atoms with Crippen LogP contribution >= 0.6 is 23.4 Å². The number of hydrogen-bond donors (Lipinski definition) is 2. The minimum absolute atomic E-state index is 0.0113. The van der Waals surface area contributed by atoms with Gasteiger partial charge >= 0.3 is 0 Å². The van der Waals surface area contributed by atoms with Gasteiger partial charge in [0.1, 0.15) is 5.82 Å². The van der Waals surface area contributed by atoms with Crippen LogP contribution in [0.5, 0.6) is 0 Å². The number of unbranched alkanes of at least 4 members (excludes halogenated alkanes) is 1. The number of rotatable bonds is 9. The highest BCUT2D eigenvalue weighted by atomic mass is 35.5. The van der Waals surface area contributed by atoms with Gasteiger partial charge < -0.3 is 10.6 Å². The third-order valence-corrected chi connectivity index (χ3v) is 5.11. The number of anilines is 1. The van der Waals surface area contributed by atoms with E-state index in [0.29, 0.717) is 6.54 Å². The summed E-state index contributed by atoms with van der Waals surface area (Å²) >= 11 is 6.68. The van der Waals surface area contributed by atoms with Crippen LogP contribution in [-0.2, 0) is 4.79 Å². The van der Waals surface area contributed by atoms with Gasteiger partial charge in [0.15, 0.2) is 0 Å². The molecular weight excluding hydrogens is 421 g/mol. The van der Waals surface area contributed by atoms with Gasteiger partial charge in [-0.25, -0.2) is 4.39 Å². The average Bonchev–Trinajstić information content (AvgIpc) is 2.68. The Morgan fingerprint density at radius 1 is 1.24 bits per heavy atom. The van der Waals surface area contributed by atoms with E-state index in [0.717, 1.165) is 36.7 Å². The Hall–Kier alpha value is -2.65. The summed E-state index contributed by atoms with van der Waals surface area (Å²) in [5.74, 6) is -1.63. The van der Waals surface area contributed by atoms with E-state index in [1.807, 2.05) is 6.92 Å². The molecule has 0 heterocycles. The van der Waals surface area contributed by atoms with E-state index in [9.17, 15) is 24.1 Å². The molecule has 7 nitrogen and oxygen atoms in total. The number of benzene rings is 2. The predicted octanol–water partition coefficient (Wildman–Crippen LogP) is 4.65. The van der Waals surface area contributed by atoms with Gasteiger partial charge in [-0.2, -0.15) is 0 Å². The van der Waals surface area contributed by atoms with Crippen LogP contribution in [0.2, 0.25) is 5.02 Å². The van der Waals surface area contributed by atoms with Crippen LogP contribution in [0.3, 0.4) is 0 Å². The molecule has 0 bridgehead atoms. The summed E-state index contributed by atoms with van der Waals surface area (Å²) in [4.78, 5) is 35.2. The van der Waals surface area contributed by atoms with Gasteiger partial charge in [0.05, 0.1) is 21.3 Å². The SMILES string of the molecule is CCCCNC(=O)CSc1ccc(C(=O)Nc2ccc(Cl)cc2F)cc1[N+](=O)[O-]. The largest absolute Gasteiger partial charge is 0.355 e. The summed E-state index contributed by atoms with van der Waals surface area (Å²) in [5.41, 5.74) is -0.410. The number of amides is 2. The molecule has 0 aromatic heterocycles. The maximum Gasteiger partial charge on any atom is 0.283 e. The zero-order valence-electron chi connectivity index (χ0n) is 15.5. The summed E-state index contributed by atoms with van der Waals surface area (Å²) in [6.45, 7) is 2.56. The zero-order chi connectivity index (χ0) is 21.4. The van der Waals surface area contributed by atoms with E-state index in [1.165, 1.54) is 24.3 Å². The topological polar surface area (TPSA) is 101 Å². The Kier molecular flexibility index (Phi) is 8.41. The van der Waals surface area contributed by atoms with Crippen molar-refractivity contribution in [3.05, 3.63) is 62.9 Å². The Balaban J connectivity index is 2.11. The van der Waals surface area contributed by atoms with Crippen molar-refractivity contribution in [2.45, 2.75) is 24.7 Å². The van der Waals surface area contributed by atoms with E-state index in [2.05, 4.69) is 10.6 Å². The lowest BCUT2D eigenvalue weighted by atomic mass is 10.2. The molecular formula is C19H19ClFN3O4S. The third-order valence-electron chi connectivity index (χ3n) is 3.81. The molecule has 0 fully saturated rings. The fourth-order valence-electron chi connectivity index (χ4n) is 2.31. The van der Waals surface area contributed by atoms with Crippen LogP contribution in [0.4, 0.5) is 15.8 Å². The number of hydrogen-bond acceptors (Lipinski definition) is 5. The second kappa shape index (κ2) is 10.8. The molecule has 0 unspecified atom stereocenters. The fraction of sp³-hybridized carbons (Fsp3) is 0.263. The molecule has 0 aliphatic carbocycles. The van der Waals surface area contributed by atoms with E-state index in [1.54, 1.807) is 0 Å². The first kappa shape index (κ1) is 22.6. The molecule has 2 amide bonds. The monoisotopic (exact) mass is 439 g/mol. The molecule has 10 heteroatoms. The highest BCUT2D eigenvalue weighted by molar-refractivity contribution is 8.00. The van der Waals surface area contributed by atoms with Crippen molar-refractivity contribution >= 4 is 46.6 Å². The van der Waals surface area contributed by atoms with Crippen LogP contribution in [0.1, 0.15) is 30.1 Å². The van der Waals surface area contributed by atoms with Crippen LogP contribution in [0.25, 0.3) is 0 Å². The molecule has 2 N–H and O–H groups in total. The third kappa shape index (κ3) is 6.72. The average molecular weight is 440 g/mol. The van der Waals surface area contributed by atoms with E-state index in [4.69, 9.17) is 11.6 Å². The van der Waals surface area contributed by atoms with Gasteiger partial charge in [-0.15, -0.1) is 11.8 Å². The molecule has 0 aliphatic rings. The van der Waals surface area contributed by atoms with Crippen LogP contribution in [0.15, 0.2) is 41.3 Å². The summed E-state index contributed by atoms with van der Waals surface area (Å²) in [7, 11) is 0. The van der Waals surface area contributed by atoms with Crippen molar-refractivity contribution < 1.29 is 18.9 Å². The second-order valence-corrected chi connectivity index (χ2v) is 7.46. The lowest BCUT2D eigenvalue weighted by Gasteiger charge is -2.08. The van der Waals surface area contributed by atoms with Gasteiger partial charge in [-0.3, -0.25) is 19.7 Å². The summed E-state index contributed by atoms with van der Waals surface area (Å²) in [6.07, 6.45) is 1.80. The number of nitro groups is 1. The van der Waals surface area contributed by atoms with Gasteiger partial charge in [-0.05, 0) is 36.8 Å². The molecule has 154 valence electrons. The number of thioether (sulfide) groups is 1. The molecule has 0 saturated heterocycles. The molecule has 0 radical (unpaired) electrons. The highest BCUT2D eigenvalue weighted by Gasteiger charge is 2.19. The van der Waals surface area contributed by atoms with Gasteiger partial charge in [0, 0.05) is 23.2 Å². The Labute approximate surface area is 176 Å². The van der Waals surface area contributed by atoms with Crippen molar-refractivity contribution in [3.63, 3.8) is 0 Å². The smallest absolute Gasteiger partial charge is 0.283 e. The van der Waals surface area contributed by atoms with Crippen LogP contribution in [-0.4, -0.2) is 29.0 Å². The van der Waals surface area contributed by atoms with E-state index < -0.39 is 16.6 Å². The first-order chi connectivity index (χ1) is 13.8. The van der Waals surface area contributed by atoms with Crippen molar-refractivity contribution in [2.24, 2.45) is 0 Å². The number of carbonyl (C=O) groups is 2. The Morgan fingerprint density at radius 3 is 2.66 bits per heavy atom. The van der Waals surface area contributed by atoms with Gasteiger partial charge in [0.25, 0.3) is 11.6 Å². The molecule has 2 rings (SSSR count). The predicted molar refractivity (Wildman–Crippen MR) is 111 cm³/mol. The van der Waals surface area contributed by atoms with Crippen LogP contribution in [0, 0.1) is 15.9 Å². The summed E-state index contributed by atoms with van der Waals surface area (Å²) in [6, 6.07) is 7.63. The minimum Gasteiger partial charge on any atom is -0.355 e. The van der Waals surface area contributed by atoms with E-state index in [-0.39, 0.29) is 38.5 Å². The van der Waals surface area contributed by atoms with Crippen molar-refractivity contribution in [2.75, 3.05) is 17.6 Å². The minimum atomic E-state index is -0.721. The Morgan fingerprint density at radius 2 is 2.00 bits per heavy atom. The lowest BCUT2D eigenvalue weighted by molar-refractivity contribution is -0.387. The molecule has 2 aromatic rings. The van der Waals surface area contributed by atoms with Gasteiger partial charge in [0.2, 0.25) is 5.91 Å². The molecule has 0 saturated carbocycles. The summed E-state index contributed by atoms with van der Waals surface area (Å²) < 4.78 is 13.8. The van der Waals surface area contributed by atoms with Crippen molar-refractivity contribution in [3.8, 4) is 0 Å². The highest BCUT2D eigenvalue weighted by Crippen LogP contribution is 2.30. The maximum absolute atomic E-state index is 13.8. The zero-order valence-corrected chi connectivity index (χ0v) is 17.1. The molecule has 0 atom stereocenters. The van der Waals surface area contributed by atoms with Crippen molar-refractivity contribution in [1.82, 2.24) is 5.32 Å². The number of nitrogens with zero attached hydrogens (tertiary/aromatic N) is 1. The van der Waals surface area contributed by atoms with Crippen LogP contribution < -0.4 is 10.6 Å². The van der Waals surface area contributed by atoms with Crippen molar-refractivity contribution in [1.29, 1.82) is 0 Å². The normalized spacial score (nSPS) is 10.4. The number of carbonyl (C=O) groups excluding carboxylic acids is 2. The van der Waals surface area contributed by atoms with Gasteiger partial charge in [-0.1, -0.05) is 24.9 Å². The molecule has 29 heavy (non-hydrogen) atoms.